The van der Waals surface area contributed by atoms with Gasteiger partial charge in [0, 0.05) is 18.0 Å². The average Bonchev–Trinajstić information content (AvgIpc) is 3.23. The number of carbonyl (C=O) groups is 4. The van der Waals surface area contributed by atoms with Crippen molar-refractivity contribution in [3.8, 4) is 0 Å². The minimum absolute atomic E-state index is 0.137. The summed E-state index contributed by atoms with van der Waals surface area (Å²) >= 11 is 0. The molecule has 1 aliphatic carbocycles. The number of Topliss-reactive ketones (excluding diaryl/α,β-unsaturated/α-hetero) is 1. The molecule has 10 nitrogen and oxygen atoms in total. The van der Waals surface area contributed by atoms with Crippen LogP contribution in [0, 0.1) is 11.8 Å². The van der Waals surface area contributed by atoms with E-state index >= 15 is 0 Å². The fourth-order valence-corrected chi connectivity index (χ4v) is 3.69. The van der Waals surface area contributed by atoms with Gasteiger partial charge in [0.2, 0.25) is 11.8 Å². The molecule has 176 valence electrons. The first-order valence-corrected chi connectivity index (χ1v) is 10.1. The van der Waals surface area contributed by atoms with Crippen LogP contribution in [0.1, 0.15) is 54.1 Å². The Bertz CT molecular complexity index is 883. The van der Waals surface area contributed by atoms with Crippen LogP contribution in [-0.2, 0) is 19.1 Å². The van der Waals surface area contributed by atoms with E-state index in [0.29, 0.717) is 19.4 Å². The molecule has 0 spiro atoms. The maximum atomic E-state index is 13.1. The second-order valence-corrected chi connectivity index (χ2v) is 7.99. The number of rotatable bonds is 11. The molecule has 4 N–H and O–H groups in total. The summed E-state index contributed by atoms with van der Waals surface area (Å²) in [5.74, 6) is -4.38. The van der Waals surface area contributed by atoms with E-state index < -0.39 is 48.4 Å². The smallest absolute Gasteiger partial charge is 0.364 e. The Balaban J connectivity index is 1.78. The van der Waals surface area contributed by atoms with Gasteiger partial charge in [-0.25, -0.2) is 0 Å². The van der Waals surface area contributed by atoms with Gasteiger partial charge in [-0.15, -0.1) is 13.2 Å². The summed E-state index contributed by atoms with van der Waals surface area (Å²) in [6.45, 7) is -0.944. The van der Waals surface area contributed by atoms with Crippen LogP contribution in [0.3, 0.4) is 0 Å². The van der Waals surface area contributed by atoms with Crippen LogP contribution in [0.15, 0.2) is 10.8 Å². The van der Waals surface area contributed by atoms with Gasteiger partial charge in [0.1, 0.15) is 12.9 Å². The normalized spacial score (nSPS) is 20.5. The second-order valence-electron chi connectivity index (χ2n) is 7.99. The fourth-order valence-electron chi connectivity index (χ4n) is 3.69. The number of ketones is 1. The number of ether oxygens (including phenoxy) is 1. The summed E-state index contributed by atoms with van der Waals surface area (Å²) < 4.78 is 45.6. The molecule has 1 aromatic rings. The van der Waals surface area contributed by atoms with Crippen molar-refractivity contribution < 1.29 is 41.6 Å². The molecule has 2 fully saturated rings. The standard InChI is InChI=1S/C19H23F3N4O6/c20-19(21,22)31-8-14(27)13(6-10-3-4-24-17(10)29)25-18(30)11(5-9-1-2-9)12-7-32-26-15(12)16(23)28/h7,9-11,13H,1-6,8H2,(H2,23,28)(H,24,29)(H,25,30)/t10-,11-,13-/m0/s1. The van der Waals surface area contributed by atoms with Gasteiger partial charge in [0.05, 0.1) is 12.0 Å². The van der Waals surface area contributed by atoms with E-state index in [4.69, 9.17) is 10.3 Å². The first-order valence-electron chi connectivity index (χ1n) is 10.1. The molecular weight excluding hydrogens is 437 g/mol. The van der Waals surface area contributed by atoms with Crippen LogP contribution in [0.2, 0.25) is 0 Å². The van der Waals surface area contributed by atoms with Crippen molar-refractivity contribution in [3.05, 3.63) is 17.5 Å². The third kappa shape index (κ3) is 6.28. The zero-order valence-electron chi connectivity index (χ0n) is 16.9. The van der Waals surface area contributed by atoms with Gasteiger partial charge >= 0.3 is 6.36 Å². The Kier molecular flexibility index (Phi) is 7.16. The van der Waals surface area contributed by atoms with Gasteiger partial charge < -0.3 is 20.9 Å². The third-order valence-corrected chi connectivity index (χ3v) is 5.55. The van der Waals surface area contributed by atoms with Gasteiger partial charge in [-0.3, -0.25) is 23.9 Å². The number of amides is 3. The SMILES string of the molecule is NC(=O)c1nocc1[C@H](CC1CC1)C(=O)N[C@@H](C[C@@H]1CCNC1=O)C(=O)COC(F)(F)F. The third-order valence-electron chi connectivity index (χ3n) is 5.55. The van der Waals surface area contributed by atoms with Gasteiger partial charge in [-0.2, -0.15) is 0 Å². The summed E-state index contributed by atoms with van der Waals surface area (Å²) in [5.41, 5.74) is 5.19. The van der Waals surface area contributed by atoms with Crippen LogP contribution >= 0.6 is 0 Å². The summed E-state index contributed by atoms with van der Waals surface area (Å²) in [5, 5.41) is 8.54. The molecular formula is C19H23F3N4O6. The lowest BCUT2D eigenvalue weighted by Crippen LogP contribution is -2.46. The van der Waals surface area contributed by atoms with Crippen molar-refractivity contribution in [2.45, 2.75) is 50.4 Å². The van der Waals surface area contributed by atoms with Gasteiger partial charge in [-0.1, -0.05) is 18.0 Å². The maximum Gasteiger partial charge on any atom is 0.522 e. The van der Waals surface area contributed by atoms with E-state index in [1.165, 1.54) is 0 Å². The highest BCUT2D eigenvalue weighted by Crippen LogP contribution is 2.39. The monoisotopic (exact) mass is 460 g/mol. The molecule has 13 heteroatoms. The maximum absolute atomic E-state index is 13.1. The summed E-state index contributed by atoms with van der Waals surface area (Å²) in [6.07, 6.45) is -1.67. The molecule has 1 aromatic heterocycles. The summed E-state index contributed by atoms with van der Waals surface area (Å²) in [6, 6.07) is -1.39. The Labute approximate surface area is 180 Å². The number of halogens is 3. The number of nitrogens with one attached hydrogen (secondary N) is 2. The molecule has 2 heterocycles. The number of hydrogen-bond acceptors (Lipinski definition) is 7. The van der Waals surface area contributed by atoms with Gasteiger partial charge in [-0.05, 0) is 25.2 Å². The molecule has 1 saturated carbocycles. The van der Waals surface area contributed by atoms with Crippen LogP contribution < -0.4 is 16.4 Å². The van der Waals surface area contributed by atoms with E-state index in [-0.39, 0.29) is 29.5 Å². The van der Waals surface area contributed by atoms with Crippen LogP contribution in [0.4, 0.5) is 13.2 Å². The molecule has 0 radical (unpaired) electrons. The molecule has 32 heavy (non-hydrogen) atoms. The predicted molar refractivity (Wildman–Crippen MR) is 99.8 cm³/mol. The highest BCUT2D eigenvalue weighted by Gasteiger charge is 2.38. The predicted octanol–water partition coefficient (Wildman–Crippen LogP) is 0.774. The van der Waals surface area contributed by atoms with Crippen molar-refractivity contribution in [2.75, 3.05) is 13.2 Å². The van der Waals surface area contributed by atoms with E-state index in [2.05, 4.69) is 20.5 Å². The highest BCUT2D eigenvalue weighted by molar-refractivity contribution is 5.96. The van der Waals surface area contributed by atoms with Gasteiger partial charge in [0.15, 0.2) is 11.5 Å². The number of nitrogens with zero attached hydrogens (tertiary/aromatic N) is 1. The molecule has 0 bridgehead atoms. The van der Waals surface area contributed by atoms with E-state index in [0.717, 1.165) is 19.1 Å². The van der Waals surface area contributed by atoms with E-state index in [1.807, 2.05) is 0 Å². The number of aromatic nitrogens is 1. The molecule has 0 aromatic carbocycles. The quantitative estimate of drug-likeness (QED) is 0.441. The number of alkyl halides is 3. The van der Waals surface area contributed by atoms with E-state index in [9.17, 15) is 32.3 Å². The Morgan fingerprint density at radius 1 is 1.28 bits per heavy atom. The topological polar surface area (TPSA) is 154 Å². The summed E-state index contributed by atoms with van der Waals surface area (Å²) in [7, 11) is 0. The first-order chi connectivity index (χ1) is 15.0. The van der Waals surface area contributed by atoms with Crippen LogP contribution in [0.25, 0.3) is 0 Å². The largest absolute Gasteiger partial charge is 0.522 e. The molecule has 1 aliphatic heterocycles. The fraction of sp³-hybridized carbons (Fsp3) is 0.632. The summed E-state index contributed by atoms with van der Waals surface area (Å²) in [4.78, 5) is 49.1. The number of primary amides is 1. The van der Waals surface area contributed by atoms with Crippen molar-refractivity contribution in [3.63, 3.8) is 0 Å². The zero-order valence-corrected chi connectivity index (χ0v) is 16.9. The molecule has 0 unspecified atom stereocenters. The van der Waals surface area contributed by atoms with Crippen molar-refractivity contribution >= 4 is 23.5 Å². The Morgan fingerprint density at radius 3 is 2.56 bits per heavy atom. The molecule has 2 aliphatic rings. The first kappa shape index (κ1) is 23.7. The minimum atomic E-state index is -5.03. The number of carbonyl (C=O) groups excluding carboxylic acids is 4. The Morgan fingerprint density at radius 2 is 2.00 bits per heavy atom. The minimum Gasteiger partial charge on any atom is -0.364 e. The molecule has 1 saturated heterocycles. The second kappa shape index (κ2) is 9.67. The van der Waals surface area contributed by atoms with Crippen molar-refractivity contribution in [2.24, 2.45) is 17.6 Å². The van der Waals surface area contributed by atoms with Crippen LogP contribution in [-0.4, -0.2) is 54.2 Å². The molecule has 3 rings (SSSR count). The Hall–Kier alpha value is -2.96. The lowest BCUT2D eigenvalue weighted by atomic mass is 9.91. The highest BCUT2D eigenvalue weighted by atomic mass is 19.4. The van der Waals surface area contributed by atoms with E-state index in [1.54, 1.807) is 0 Å². The van der Waals surface area contributed by atoms with Crippen molar-refractivity contribution in [1.29, 1.82) is 0 Å². The van der Waals surface area contributed by atoms with Gasteiger partial charge in [0.25, 0.3) is 5.91 Å². The number of nitrogens with two attached hydrogens (primary N) is 1. The number of hydrogen-bond donors (Lipinski definition) is 3. The van der Waals surface area contributed by atoms with Crippen molar-refractivity contribution in [1.82, 2.24) is 15.8 Å². The zero-order chi connectivity index (χ0) is 23.5. The molecule has 3 amide bonds. The lowest BCUT2D eigenvalue weighted by molar-refractivity contribution is -0.321. The van der Waals surface area contributed by atoms with Crippen LogP contribution in [0.5, 0.6) is 0 Å². The average molecular weight is 460 g/mol. The molecule has 3 atom stereocenters. The lowest BCUT2D eigenvalue weighted by Gasteiger charge is -2.23.